The average Bonchev–Trinajstić information content (AvgIpc) is 3.17. The Morgan fingerprint density at radius 1 is 1.21 bits per heavy atom. The van der Waals surface area contributed by atoms with E-state index in [1.807, 2.05) is 18.2 Å². The number of hydrogen-bond donors (Lipinski definition) is 2. The molecule has 1 aliphatic heterocycles. The van der Waals surface area contributed by atoms with E-state index in [-0.39, 0.29) is 0 Å². The highest BCUT2D eigenvalue weighted by Gasteiger charge is 2.23. The second-order valence-corrected chi connectivity index (χ2v) is 7.35. The maximum absolute atomic E-state index is 9.11. The average molecular weight is 379 g/mol. The monoisotopic (exact) mass is 378 g/mol. The molecule has 1 atom stereocenters. The maximum Gasteiger partial charge on any atom is 0.229 e. The molecule has 2 N–H and O–H groups in total. The first-order valence-electron chi connectivity index (χ1n) is 10.3. The van der Waals surface area contributed by atoms with Crippen molar-refractivity contribution in [3.63, 3.8) is 0 Å². The van der Waals surface area contributed by atoms with Crippen LogP contribution in [0.15, 0.2) is 30.3 Å². The Morgan fingerprint density at radius 2 is 2.11 bits per heavy atom. The van der Waals surface area contributed by atoms with Gasteiger partial charge in [-0.3, -0.25) is 0 Å². The molecule has 0 aliphatic carbocycles. The molecule has 28 heavy (non-hydrogen) atoms. The van der Waals surface area contributed by atoms with Crippen LogP contribution in [-0.2, 0) is 6.42 Å². The third-order valence-electron chi connectivity index (χ3n) is 5.00. The predicted molar refractivity (Wildman–Crippen MR) is 114 cm³/mol. The van der Waals surface area contributed by atoms with Gasteiger partial charge in [0.25, 0.3) is 0 Å². The predicted octanol–water partition coefficient (Wildman–Crippen LogP) is 4.01. The Morgan fingerprint density at radius 3 is 2.89 bits per heavy atom. The molecule has 1 unspecified atom stereocenters. The Hall–Kier alpha value is -2.65. The van der Waals surface area contributed by atoms with Gasteiger partial charge in [0, 0.05) is 36.6 Å². The van der Waals surface area contributed by atoms with Gasteiger partial charge in [0.2, 0.25) is 5.95 Å². The molecule has 2 aromatic rings. The van der Waals surface area contributed by atoms with E-state index >= 15 is 0 Å². The second-order valence-electron chi connectivity index (χ2n) is 7.35. The van der Waals surface area contributed by atoms with E-state index < -0.39 is 0 Å². The summed E-state index contributed by atoms with van der Waals surface area (Å²) in [5, 5.41) is 16.0. The van der Waals surface area contributed by atoms with E-state index in [1.165, 1.54) is 12.8 Å². The SMILES string of the molecule is CCCCNC1CCN(c2cc(CCC)nc(Nc3cccc(C#N)c3)n2)C1. The van der Waals surface area contributed by atoms with Gasteiger partial charge in [-0.15, -0.1) is 0 Å². The largest absolute Gasteiger partial charge is 0.355 e. The van der Waals surface area contributed by atoms with Crippen LogP contribution >= 0.6 is 0 Å². The summed E-state index contributed by atoms with van der Waals surface area (Å²) in [5.74, 6) is 1.58. The number of nitriles is 1. The van der Waals surface area contributed by atoms with E-state index in [2.05, 4.69) is 46.5 Å². The number of benzene rings is 1. The van der Waals surface area contributed by atoms with Crippen molar-refractivity contribution in [2.45, 2.75) is 52.0 Å². The van der Waals surface area contributed by atoms with Crippen LogP contribution < -0.4 is 15.5 Å². The molecule has 0 spiro atoms. The minimum absolute atomic E-state index is 0.528. The molecule has 6 nitrogen and oxygen atoms in total. The van der Waals surface area contributed by atoms with Crippen LogP contribution in [0.2, 0.25) is 0 Å². The molecule has 1 aromatic heterocycles. The van der Waals surface area contributed by atoms with Gasteiger partial charge < -0.3 is 15.5 Å². The highest BCUT2D eigenvalue weighted by Crippen LogP contribution is 2.23. The van der Waals surface area contributed by atoms with Crippen LogP contribution in [-0.4, -0.2) is 35.6 Å². The highest BCUT2D eigenvalue weighted by molar-refractivity contribution is 5.58. The fourth-order valence-corrected chi connectivity index (χ4v) is 3.50. The topological polar surface area (TPSA) is 76.9 Å². The second kappa shape index (κ2) is 10.0. The summed E-state index contributed by atoms with van der Waals surface area (Å²) in [7, 11) is 0. The van der Waals surface area contributed by atoms with Crippen molar-refractivity contribution < 1.29 is 0 Å². The summed E-state index contributed by atoms with van der Waals surface area (Å²) in [6.07, 6.45) is 5.55. The lowest BCUT2D eigenvalue weighted by Crippen LogP contribution is -2.33. The molecule has 0 radical (unpaired) electrons. The molecule has 1 aliphatic rings. The first-order valence-corrected chi connectivity index (χ1v) is 10.3. The van der Waals surface area contributed by atoms with Crippen molar-refractivity contribution in [3.05, 3.63) is 41.6 Å². The van der Waals surface area contributed by atoms with E-state index in [9.17, 15) is 0 Å². The molecule has 0 bridgehead atoms. The standard InChI is InChI=1S/C22H30N6/c1-3-5-11-24-20-10-12-28(16-20)21-14-18(7-4-2)25-22(27-21)26-19-9-6-8-17(13-19)15-23/h6,8-9,13-14,20,24H,3-5,7,10-12,16H2,1-2H3,(H,25,26,27). The van der Waals surface area contributed by atoms with Crippen molar-refractivity contribution >= 4 is 17.5 Å². The van der Waals surface area contributed by atoms with E-state index in [0.29, 0.717) is 17.6 Å². The summed E-state index contributed by atoms with van der Waals surface area (Å²) in [6.45, 7) is 7.46. The van der Waals surface area contributed by atoms with Crippen molar-refractivity contribution in [1.29, 1.82) is 5.26 Å². The summed E-state index contributed by atoms with van der Waals surface area (Å²) in [6, 6.07) is 12.2. The van der Waals surface area contributed by atoms with E-state index in [1.54, 1.807) is 6.07 Å². The molecule has 0 saturated carbocycles. The number of aryl methyl sites for hydroxylation is 1. The summed E-state index contributed by atoms with van der Waals surface area (Å²) in [4.78, 5) is 11.8. The highest BCUT2D eigenvalue weighted by atomic mass is 15.3. The van der Waals surface area contributed by atoms with Crippen molar-refractivity contribution in [2.24, 2.45) is 0 Å². The van der Waals surface area contributed by atoms with Gasteiger partial charge in [-0.2, -0.15) is 10.2 Å². The number of anilines is 3. The smallest absolute Gasteiger partial charge is 0.229 e. The normalized spacial score (nSPS) is 16.2. The van der Waals surface area contributed by atoms with Gasteiger partial charge in [-0.05, 0) is 44.0 Å². The van der Waals surface area contributed by atoms with E-state index in [0.717, 1.165) is 56.1 Å². The first-order chi connectivity index (χ1) is 13.7. The lowest BCUT2D eigenvalue weighted by Gasteiger charge is -2.20. The minimum atomic E-state index is 0.528. The van der Waals surface area contributed by atoms with Crippen molar-refractivity contribution in [2.75, 3.05) is 29.9 Å². The van der Waals surface area contributed by atoms with Crippen molar-refractivity contribution in [1.82, 2.24) is 15.3 Å². The lowest BCUT2D eigenvalue weighted by molar-refractivity contribution is 0.536. The van der Waals surface area contributed by atoms with Crippen LogP contribution in [0.4, 0.5) is 17.5 Å². The third-order valence-corrected chi connectivity index (χ3v) is 5.00. The molecule has 3 rings (SSSR count). The van der Waals surface area contributed by atoms with Gasteiger partial charge in [0.1, 0.15) is 5.82 Å². The zero-order valence-corrected chi connectivity index (χ0v) is 16.9. The Bertz CT molecular complexity index is 813. The van der Waals surface area contributed by atoms with Gasteiger partial charge >= 0.3 is 0 Å². The number of nitrogens with one attached hydrogen (secondary N) is 2. The molecule has 1 fully saturated rings. The first kappa shape index (κ1) is 20.1. The Balaban J connectivity index is 1.75. The molecule has 1 aromatic carbocycles. The number of rotatable bonds is 9. The fourth-order valence-electron chi connectivity index (χ4n) is 3.50. The fraction of sp³-hybridized carbons (Fsp3) is 0.500. The van der Waals surface area contributed by atoms with Crippen LogP contribution in [0.25, 0.3) is 0 Å². The molecule has 2 heterocycles. The zero-order chi connectivity index (χ0) is 19.8. The van der Waals surface area contributed by atoms with Crippen LogP contribution in [0.3, 0.4) is 0 Å². The third kappa shape index (κ3) is 5.43. The summed E-state index contributed by atoms with van der Waals surface area (Å²) >= 11 is 0. The number of hydrogen-bond acceptors (Lipinski definition) is 6. The molecular formula is C22H30N6. The molecular weight excluding hydrogens is 348 g/mol. The minimum Gasteiger partial charge on any atom is -0.355 e. The number of nitrogens with zero attached hydrogens (tertiary/aromatic N) is 4. The zero-order valence-electron chi connectivity index (χ0n) is 16.9. The Labute approximate surface area is 168 Å². The lowest BCUT2D eigenvalue weighted by atomic mass is 10.2. The quantitative estimate of drug-likeness (QED) is 0.642. The molecule has 6 heteroatoms. The van der Waals surface area contributed by atoms with Gasteiger partial charge in [0.15, 0.2) is 0 Å². The van der Waals surface area contributed by atoms with E-state index in [4.69, 9.17) is 10.2 Å². The number of unbranched alkanes of at least 4 members (excludes halogenated alkanes) is 1. The number of aromatic nitrogens is 2. The molecule has 148 valence electrons. The van der Waals surface area contributed by atoms with Gasteiger partial charge in [-0.25, -0.2) is 4.98 Å². The molecule has 0 amide bonds. The molecule has 1 saturated heterocycles. The summed E-state index contributed by atoms with van der Waals surface area (Å²) < 4.78 is 0. The van der Waals surface area contributed by atoms with Crippen LogP contribution in [0.1, 0.15) is 50.8 Å². The van der Waals surface area contributed by atoms with Crippen molar-refractivity contribution in [3.8, 4) is 6.07 Å². The van der Waals surface area contributed by atoms with Crippen LogP contribution in [0, 0.1) is 11.3 Å². The van der Waals surface area contributed by atoms with Gasteiger partial charge in [0.05, 0.1) is 11.6 Å². The van der Waals surface area contributed by atoms with Crippen LogP contribution in [0.5, 0.6) is 0 Å². The summed E-state index contributed by atoms with van der Waals surface area (Å²) in [5.41, 5.74) is 2.50. The van der Waals surface area contributed by atoms with Gasteiger partial charge in [-0.1, -0.05) is 32.8 Å². The Kier molecular flexibility index (Phi) is 7.21. The maximum atomic E-state index is 9.11.